The third-order valence-electron chi connectivity index (χ3n) is 2.33. The van der Waals surface area contributed by atoms with Gasteiger partial charge in [-0.15, -0.1) is 0 Å². The highest BCUT2D eigenvalue weighted by Gasteiger charge is 2.06. The van der Waals surface area contributed by atoms with E-state index in [-0.39, 0.29) is 10.6 Å². The Bertz CT molecular complexity index is 400. The van der Waals surface area contributed by atoms with Gasteiger partial charge in [0.2, 0.25) is 0 Å². The molecule has 0 fully saturated rings. The number of nitro benzene ring substituents is 1. The van der Waals surface area contributed by atoms with Crippen molar-refractivity contribution in [2.75, 3.05) is 13.6 Å². The second-order valence-electron chi connectivity index (χ2n) is 3.59. The minimum absolute atomic E-state index is 0.138. The van der Waals surface area contributed by atoms with Gasteiger partial charge in [-0.05, 0) is 38.1 Å². The van der Waals surface area contributed by atoms with E-state index in [0.29, 0.717) is 0 Å². The highest BCUT2D eigenvalue weighted by Crippen LogP contribution is 2.18. The standard InChI is InChI=1S/C12H16N2O2/c1-10-6-7-12(14(15)16)9-11(10)5-3-4-8-13-2/h3,5-7,9,13H,4,8H2,1-2H3. The number of hydrogen-bond donors (Lipinski definition) is 1. The van der Waals surface area contributed by atoms with Crippen LogP contribution in [0.3, 0.4) is 0 Å². The highest BCUT2D eigenvalue weighted by atomic mass is 16.6. The first-order chi connectivity index (χ1) is 7.65. The molecule has 0 saturated carbocycles. The van der Waals surface area contributed by atoms with Crippen molar-refractivity contribution in [1.82, 2.24) is 5.32 Å². The first kappa shape index (κ1) is 12.4. The fraction of sp³-hybridized carbons (Fsp3) is 0.333. The fourth-order valence-electron chi connectivity index (χ4n) is 1.36. The molecule has 0 saturated heterocycles. The van der Waals surface area contributed by atoms with Gasteiger partial charge in [0, 0.05) is 12.1 Å². The Morgan fingerprint density at radius 1 is 1.50 bits per heavy atom. The maximum Gasteiger partial charge on any atom is 0.270 e. The van der Waals surface area contributed by atoms with Gasteiger partial charge in [-0.25, -0.2) is 0 Å². The Hall–Kier alpha value is -1.68. The van der Waals surface area contributed by atoms with Crippen LogP contribution in [0.1, 0.15) is 17.5 Å². The molecular formula is C12H16N2O2. The van der Waals surface area contributed by atoms with Gasteiger partial charge in [0.1, 0.15) is 0 Å². The lowest BCUT2D eigenvalue weighted by Crippen LogP contribution is -2.05. The van der Waals surface area contributed by atoms with Gasteiger partial charge in [-0.1, -0.05) is 18.2 Å². The number of rotatable bonds is 5. The summed E-state index contributed by atoms with van der Waals surface area (Å²) < 4.78 is 0. The van der Waals surface area contributed by atoms with Crippen molar-refractivity contribution in [2.45, 2.75) is 13.3 Å². The van der Waals surface area contributed by atoms with E-state index in [1.54, 1.807) is 12.1 Å². The first-order valence-corrected chi connectivity index (χ1v) is 5.21. The van der Waals surface area contributed by atoms with Gasteiger partial charge in [0.15, 0.2) is 0 Å². The molecule has 1 aromatic rings. The van der Waals surface area contributed by atoms with Crippen LogP contribution in [0, 0.1) is 17.0 Å². The second kappa shape index (κ2) is 6.02. The van der Waals surface area contributed by atoms with Crippen LogP contribution in [0.15, 0.2) is 24.3 Å². The molecule has 1 rings (SSSR count). The lowest BCUT2D eigenvalue weighted by molar-refractivity contribution is -0.384. The minimum atomic E-state index is -0.371. The Morgan fingerprint density at radius 2 is 2.25 bits per heavy atom. The second-order valence-corrected chi connectivity index (χ2v) is 3.59. The van der Waals surface area contributed by atoms with Crippen molar-refractivity contribution in [3.63, 3.8) is 0 Å². The van der Waals surface area contributed by atoms with E-state index in [0.717, 1.165) is 24.1 Å². The van der Waals surface area contributed by atoms with Crippen LogP contribution in [-0.4, -0.2) is 18.5 Å². The number of non-ortho nitro benzene ring substituents is 1. The van der Waals surface area contributed by atoms with Gasteiger partial charge < -0.3 is 5.32 Å². The molecule has 0 aliphatic heterocycles. The van der Waals surface area contributed by atoms with Crippen LogP contribution in [0.2, 0.25) is 0 Å². The molecule has 0 unspecified atom stereocenters. The van der Waals surface area contributed by atoms with Crippen LogP contribution in [0.5, 0.6) is 0 Å². The van der Waals surface area contributed by atoms with Crippen LogP contribution >= 0.6 is 0 Å². The van der Waals surface area contributed by atoms with Gasteiger partial charge in [0.05, 0.1) is 4.92 Å². The van der Waals surface area contributed by atoms with Crippen molar-refractivity contribution >= 4 is 11.8 Å². The number of nitrogens with one attached hydrogen (secondary N) is 1. The Morgan fingerprint density at radius 3 is 2.88 bits per heavy atom. The third kappa shape index (κ3) is 3.47. The van der Waals surface area contributed by atoms with E-state index in [2.05, 4.69) is 5.32 Å². The lowest BCUT2D eigenvalue weighted by atomic mass is 10.1. The van der Waals surface area contributed by atoms with Crippen LogP contribution in [0.25, 0.3) is 6.08 Å². The largest absolute Gasteiger partial charge is 0.319 e. The monoisotopic (exact) mass is 220 g/mol. The van der Waals surface area contributed by atoms with Crippen LogP contribution in [-0.2, 0) is 0 Å². The Kier molecular flexibility index (Phi) is 4.66. The van der Waals surface area contributed by atoms with E-state index in [1.165, 1.54) is 6.07 Å². The van der Waals surface area contributed by atoms with Gasteiger partial charge in [-0.3, -0.25) is 10.1 Å². The Labute approximate surface area is 95.1 Å². The topological polar surface area (TPSA) is 55.2 Å². The normalized spacial score (nSPS) is 10.9. The number of nitro groups is 1. The number of hydrogen-bond acceptors (Lipinski definition) is 3. The van der Waals surface area contributed by atoms with Crippen molar-refractivity contribution in [3.05, 3.63) is 45.5 Å². The molecule has 0 heterocycles. The average Bonchev–Trinajstić information content (AvgIpc) is 2.26. The van der Waals surface area contributed by atoms with Crippen molar-refractivity contribution in [1.29, 1.82) is 0 Å². The van der Waals surface area contributed by atoms with E-state index in [9.17, 15) is 10.1 Å². The molecule has 86 valence electrons. The SMILES string of the molecule is CNCCC=Cc1cc([N+](=O)[O-])ccc1C. The van der Waals surface area contributed by atoms with Gasteiger partial charge >= 0.3 is 0 Å². The average molecular weight is 220 g/mol. The van der Waals surface area contributed by atoms with E-state index in [4.69, 9.17) is 0 Å². The zero-order valence-electron chi connectivity index (χ0n) is 9.56. The maximum atomic E-state index is 10.6. The summed E-state index contributed by atoms with van der Waals surface area (Å²) in [6.45, 7) is 2.85. The number of aryl methyl sites for hydroxylation is 1. The smallest absolute Gasteiger partial charge is 0.270 e. The van der Waals surface area contributed by atoms with E-state index in [1.807, 2.05) is 26.1 Å². The lowest BCUT2D eigenvalue weighted by Gasteiger charge is -2.00. The van der Waals surface area contributed by atoms with Crippen molar-refractivity contribution < 1.29 is 4.92 Å². The van der Waals surface area contributed by atoms with Crippen molar-refractivity contribution in [2.24, 2.45) is 0 Å². The minimum Gasteiger partial charge on any atom is -0.319 e. The summed E-state index contributed by atoms with van der Waals surface area (Å²) in [5, 5.41) is 13.7. The zero-order chi connectivity index (χ0) is 12.0. The van der Waals surface area contributed by atoms with Crippen LogP contribution in [0.4, 0.5) is 5.69 Å². The summed E-state index contributed by atoms with van der Waals surface area (Å²) in [5.41, 5.74) is 2.09. The summed E-state index contributed by atoms with van der Waals surface area (Å²) >= 11 is 0. The molecule has 1 aromatic carbocycles. The zero-order valence-corrected chi connectivity index (χ0v) is 9.56. The number of nitrogens with zero attached hydrogens (tertiary/aromatic N) is 1. The molecular weight excluding hydrogens is 204 g/mol. The van der Waals surface area contributed by atoms with E-state index < -0.39 is 0 Å². The van der Waals surface area contributed by atoms with Gasteiger partial charge in [-0.2, -0.15) is 0 Å². The molecule has 0 aliphatic carbocycles. The maximum absolute atomic E-state index is 10.6. The quantitative estimate of drug-likeness (QED) is 0.471. The highest BCUT2D eigenvalue weighted by molar-refractivity contribution is 5.57. The predicted molar refractivity (Wildman–Crippen MR) is 65.4 cm³/mol. The van der Waals surface area contributed by atoms with Crippen LogP contribution < -0.4 is 5.32 Å². The molecule has 4 heteroatoms. The molecule has 1 N–H and O–H groups in total. The molecule has 0 bridgehead atoms. The van der Waals surface area contributed by atoms with E-state index >= 15 is 0 Å². The predicted octanol–water partition coefficient (Wildman–Crippen LogP) is 2.53. The summed E-state index contributed by atoms with van der Waals surface area (Å²) in [6.07, 6.45) is 4.86. The molecule has 0 amide bonds. The Balaban J connectivity index is 2.82. The summed E-state index contributed by atoms with van der Waals surface area (Å²) in [7, 11) is 1.90. The third-order valence-corrected chi connectivity index (χ3v) is 2.33. The molecule has 0 atom stereocenters. The van der Waals surface area contributed by atoms with Crippen molar-refractivity contribution in [3.8, 4) is 0 Å². The summed E-state index contributed by atoms with van der Waals surface area (Å²) in [6, 6.07) is 4.90. The molecule has 0 aromatic heterocycles. The first-order valence-electron chi connectivity index (χ1n) is 5.21. The summed E-state index contributed by atoms with van der Waals surface area (Å²) in [5.74, 6) is 0. The molecule has 0 spiro atoms. The fourth-order valence-corrected chi connectivity index (χ4v) is 1.36. The van der Waals surface area contributed by atoms with Gasteiger partial charge in [0.25, 0.3) is 5.69 Å². The molecule has 4 nitrogen and oxygen atoms in total. The molecule has 0 radical (unpaired) electrons. The molecule has 16 heavy (non-hydrogen) atoms. The molecule has 0 aliphatic rings. The number of benzene rings is 1. The summed E-state index contributed by atoms with van der Waals surface area (Å²) in [4.78, 5) is 10.2.